The first-order valence-electron chi connectivity index (χ1n) is 5.49. The molecule has 0 spiro atoms. The number of halogens is 1. The molecule has 1 heterocycles. The van der Waals surface area contributed by atoms with Crippen LogP contribution in [0, 0.1) is 5.92 Å². The molecular weight excluding hydrogens is 286 g/mol. The van der Waals surface area contributed by atoms with Crippen molar-refractivity contribution in [3.05, 3.63) is 22.4 Å². The molecule has 1 rings (SSSR count). The standard InChI is InChI=1S/C12H18BrNOS/c1-9(2)6-10(8-13)14-12(15)7-11-4-3-5-16-11/h3-5,9-10H,6-8H2,1-2H3,(H,14,15). The van der Waals surface area contributed by atoms with Crippen molar-refractivity contribution in [2.75, 3.05) is 5.33 Å². The summed E-state index contributed by atoms with van der Waals surface area (Å²) in [5.41, 5.74) is 0. The lowest BCUT2D eigenvalue weighted by Gasteiger charge is -2.17. The second kappa shape index (κ2) is 7.07. The highest BCUT2D eigenvalue weighted by Gasteiger charge is 2.13. The zero-order chi connectivity index (χ0) is 12.0. The summed E-state index contributed by atoms with van der Waals surface area (Å²) in [6.07, 6.45) is 1.51. The van der Waals surface area contributed by atoms with Gasteiger partial charge in [0.1, 0.15) is 0 Å². The Hall–Kier alpha value is -0.350. The van der Waals surface area contributed by atoms with Crippen molar-refractivity contribution in [3.63, 3.8) is 0 Å². The van der Waals surface area contributed by atoms with E-state index < -0.39 is 0 Å². The van der Waals surface area contributed by atoms with E-state index in [2.05, 4.69) is 35.1 Å². The first kappa shape index (κ1) is 13.7. The summed E-state index contributed by atoms with van der Waals surface area (Å²) in [4.78, 5) is 12.9. The number of rotatable bonds is 6. The predicted molar refractivity (Wildman–Crippen MR) is 73.2 cm³/mol. The van der Waals surface area contributed by atoms with Crippen LogP contribution in [-0.2, 0) is 11.2 Å². The zero-order valence-electron chi connectivity index (χ0n) is 9.70. The Morgan fingerprint density at radius 1 is 1.56 bits per heavy atom. The number of hydrogen-bond acceptors (Lipinski definition) is 2. The van der Waals surface area contributed by atoms with Gasteiger partial charge in [-0.1, -0.05) is 35.8 Å². The molecular formula is C12H18BrNOS. The van der Waals surface area contributed by atoms with E-state index in [0.29, 0.717) is 12.3 Å². The molecule has 2 nitrogen and oxygen atoms in total. The number of amides is 1. The van der Waals surface area contributed by atoms with Gasteiger partial charge < -0.3 is 5.32 Å². The van der Waals surface area contributed by atoms with Crippen LogP contribution in [0.3, 0.4) is 0 Å². The number of hydrogen-bond donors (Lipinski definition) is 1. The number of carbonyl (C=O) groups is 1. The number of carbonyl (C=O) groups excluding carboxylic acids is 1. The summed E-state index contributed by atoms with van der Waals surface area (Å²) in [5.74, 6) is 0.720. The van der Waals surface area contributed by atoms with Crippen LogP contribution in [0.25, 0.3) is 0 Å². The topological polar surface area (TPSA) is 29.1 Å². The molecule has 1 aromatic rings. The fraction of sp³-hybridized carbons (Fsp3) is 0.583. The van der Waals surface area contributed by atoms with Crippen molar-refractivity contribution in [1.82, 2.24) is 5.32 Å². The molecule has 1 unspecified atom stereocenters. The Morgan fingerprint density at radius 2 is 2.31 bits per heavy atom. The molecule has 0 aliphatic rings. The van der Waals surface area contributed by atoms with E-state index in [1.165, 1.54) is 0 Å². The first-order chi connectivity index (χ1) is 7.61. The lowest BCUT2D eigenvalue weighted by Crippen LogP contribution is -2.37. The van der Waals surface area contributed by atoms with E-state index in [0.717, 1.165) is 16.6 Å². The van der Waals surface area contributed by atoms with Crippen molar-refractivity contribution < 1.29 is 4.79 Å². The Bertz CT molecular complexity index is 311. The molecule has 1 amide bonds. The Kier molecular flexibility index (Phi) is 6.06. The SMILES string of the molecule is CC(C)CC(CBr)NC(=O)Cc1cccs1. The van der Waals surface area contributed by atoms with Gasteiger partial charge >= 0.3 is 0 Å². The first-order valence-corrected chi connectivity index (χ1v) is 7.49. The maximum absolute atomic E-state index is 11.7. The van der Waals surface area contributed by atoms with Gasteiger partial charge in [-0.05, 0) is 23.8 Å². The zero-order valence-corrected chi connectivity index (χ0v) is 12.1. The summed E-state index contributed by atoms with van der Waals surface area (Å²) in [5, 5.41) is 5.88. The van der Waals surface area contributed by atoms with Gasteiger partial charge in [0.25, 0.3) is 0 Å². The summed E-state index contributed by atoms with van der Waals surface area (Å²) < 4.78 is 0. The molecule has 0 radical (unpaired) electrons. The minimum Gasteiger partial charge on any atom is -0.352 e. The Labute approximate surface area is 110 Å². The maximum atomic E-state index is 11.7. The average Bonchev–Trinajstić information content (AvgIpc) is 2.68. The van der Waals surface area contributed by atoms with Crippen molar-refractivity contribution in [2.45, 2.75) is 32.7 Å². The fourth-order valence-electron chi connectivity index (χ4n) is 1.58. The molecule has 0 aliphatic heterocycles. The smallest absolute Gasteiger partial charge is 0.225 e. The molecule has 0 aliphatic carbocycles. The highest BCUT2D eigenvalue weighted by atomic mass is 79.9. The largest absolute Gasteiger partial charge is 0.352 e. The van der Waals surface area contributed by atoms with Gasteiger partial charge in [0.15, 0.2) is 0 Å². The summed E-state index contributed by atoms with van der Waals surface area (Å²) in [7, 11) is 0. The van der Waals surface area contributed by atoms with Crippen LogP contribution in [-0.4, -0.2) is 17.3 Å². The van der Waals surface area contributed by atoms with Gasteiger partial charge in [0.2, 0.25) is 5.91 Å². The van der Waals surface area contributed by atoms with E-state index >= 15 is 0 Å². The third-order valence-electron chi connectivity index (χ3n) is 2.22. The van der Waals surface area contributed by atoms with Crippen LogP contribution < -0.4 is 5.32 Å². The van der Waals surface area contributed by atoms with E-state index in [4.69, 9.17) is 0 Å². The van der Waals surface area contributed by atoms with Crippen LogP contribution in [0.4, 0.5) is 0 Å². The highest BCUT2D eigenvalue weighted by Crippen LogP contribution is 2.10. The van der Waals surface area contributed by atoms with Gasteiger partial charge in [0.05, 0.1) is 6.42 Å². The molecule has 1 aromatic heterocycles. The van der Waals surface area contributed by atoms with E-state index in [-0.39, 0.29) is 11.9 Å². The Morgan fingerprint density at radius 3 is 2.81 bits per heavy atom. The molecule has 0 aromatic carbocycles. The van der Waals surface area contributed by atoms with Crippen LogP contribution in [0.2, 0.25) is 0 Å². The molecule has 0 fully saturated rings. The Balaban J connectivity index is 2.37. The van der Waals surface area contributed by atoms with E-state index in [1.54, 1.807) is 11.3 Å². The molecule has 1 atom stereocenters. The third kappa shape index (κ3) is 5.12. The van der Waals surface area contributed by atoms with E-state index in [1.807, 2.05) is 17.5 Å². The number of thiophene rings is 1. The molecule has 0 saturated carbocycles. The van der Waals surface area contributed by atoms with Crippen LogP contribution >= 0.6 is 27.3 Å². The average molecular weight is 304 g/mol. The van der Waals surface area contributed by atoms with Crippen LogP contribution in [0.5, 0.6) is 0 Å². The molecule has 1 N–H and O–H groups in total. The predicted octanol–water partition coefficient (Wildman–Crippen LogP) is 3.22. The van der Waals surface area contributed by atoms with Crippen molar-refractivity contribution in [1.29, 1.82) is 0 Å². The minimum atomic E-state index is 0.118. The van der Waals surface area contributed by atoms with Crippen molar-refractivity contribution >= 4 is 33.2 Å². The molecule has 0 bridgehead atoms. The molecule has 4 heteroatoms. The van der Waals surface area contributed by atoms with Gasteiger partial charge in [-0.2, -0.15) is 0 Å². The number of nitrogens with one attached hydrogen (secondary N) is 1. The van der Waals surface area contributed by atoms with Gasteiger partial charge in [-0.3, -0.25) is 4.79 Å². The van der Waals surface area contributed by atoms with Gasteiger partial charge in [0, 0.05) is 16.2 Å². The number of alkyl halides is 1. The van der Waals surface area contributed by atoms with Gasteiger partial charge in [-0.15, -0.1) is 11.3 Å². The summed E-state index contributed by atoms with van der Waals surface area (Å²) >= 11 is 5.07. The minimum absolute atomic E-state index is 0.118. The maximum Gasteiger partial charge on any atom is 0.225 e. The summed E-state index contributed by atoms with van der Waals surface area (Å²) in [6.45, 7) is 4.34. The third-order valence-corrected chi connectivity index (χ3v) is 3.88. The second-order valence-corrected chi connectivity index (χ2v) is 5.98. The fourth-order valence-corrected chi connectivity index (χ4v) is 2.71. The molecule has 16 heavy (non-hydrogen) atoms. The normalized spacial score (nSPS) is 12.8. The van der Waals surface area contributed by atoms with Gasteiger partial charge in [-0.25, -0.2) is 0 Å². The van der Waals surface area contributed by atoms with Crippen molar-refractivity contribution in [3.8, 4) is 0 Å². The molecule has 0 saturated heterocycles. The van der Waals surface area contributed by atoms with Crippen molar-refractivity contribution in [2.24, 2.45) is 5.92 Å². The highest BCUT2D eigenvalue weighted by molar-refractivity contribution is 9.09. The van der Waals surface area contributed by atoms with E-state index in [9.17, 15) is 4.79 Å². The van der Waals surface area contributed by atoms with Crippen LogP contribution in [0.1, 0.15) is 25.1 Å². The molecule has 90 valence electrons. The lowest BCUT2D eigenvalue weighted by molar-refractivity contribution is -0.121. The lowest BCUT2D eigenvalue weighted by atomic mass is 10.1. The quantitative estimate of drug-likeness (QED) is 0.803. The monoisotopic (exact) mass is 303 g/mol. The summed E-state index contributed by atoms with van der Waals surface area (Å²) in [6, 6.07) is 4.21. The second-order valence-electron chi connectivity index (χ2n) is 4.30. The van der Waals surface area contributed by atoms with Crippen LogP contribution in [0.15, 0.2) is 17.5 Å².